The van der Waals surface area contributed by atoms with E-state index in [4.69, 9.17) is 25.5 Å². The van der Waals surface area contributed by atoms with Crippen molar-refractivity contribution in [3.05, 3.63) is 35.0 Å². The molecule has 6 heterocycles. The average molecular weight is 624 g/mol. The lowest BCUT2D eigenvalue weighted by Crippen LogP contribution is -2.36. The van der Waals surface area contributed by atoms with Gasteiger partial charge in [0.25, 0.3) is 11.5 Å². The van der Waals surface area contributed by atoms with Crippen LogP contribution in [0, 0.1) is 0 Å². The molecule has 21 nitrogen and oxygen atoms in total. The highest BCUT2D eigenvalue weighted by Crippen LogP contribution is 2.57. The van der Waals surface area contributed by atoms with E-state index in [2.05, 4.69) is 29.9 Å². The van der Waals surface area contributed by atoms with Crippen molar-refractivity contribution in [3.8, 4) is 0 Å². The Morgan fingerprint density at radius 1 is 1.00 bits per heavy atom. The van der Waals surface area contributed by atoms with Crippen molar-refractivity contribution in [1.82, 2.24) is 39.0 Å². The van der Waals surface area contributed by atoms with Crippen LogP contribution in [0.2, 0.25) is 0 Å². The molecule has 0 aliphatic carbocycles. The zero-order chi connectivity index (χ0) is 30.8. The molecular weight excluding hydrogens is 599 g/mol. The highest BCUT2D eigenvalue weighted by molar-refractivity contribution is 7.53. The second-order valence-electron chi connectivity index (χ2n) is 9.82. The van der Waals surface area contributed by atoms with E-state index in [9.17, 15) is 39.5 Å². The summed E-state index contributed by atoms with van der Waals surface area (Å²) in [6, 6.07) is 0. The molecule has 0 aromatic carbocycles. The number of anilines is 1. The van der Waals surface area contributed by atoms with Gasteiger partial charge in [-0.1, -0.05) is 0 Å². The summed E-state index contributed by atoms with van der Waals surface area (Å²) in [5.74, 6) is -1.15. The van der Waals surface area contributed by atoms with E-state index in [1.54, 1.807) is 0 Å². The fourth-order valence-electron chi connectivity index (χ4n) is 5.17. The van der Waals surface area contributed by atoms with Gasteiger partial charge in [-0.05, 0) is 0 Å². The number of carbonyl (C=O) groups excluding carboxylic acids is 1. The van der Waals surface area contributed by atoms with Crippen LogP contribution in [0.25, 0.3) is 22.3 Å². The fraction of sp³-hybridized carbons (Fsp3) is 0.476. The first-order valence-electron chi connectivity index (χ1n) is 12.6. The van der Waals surface area contributed by atoms with E-state index < -0.39 is 80.9 Å². The normalized spacial score (nSPS) is 30.7. The van der Waals surface area contributed by atoms with Gasteiger partial charge < -0.3 is 50.8 Å². The van der Waals surface area contributed by atoms with Crippen LogP contribution >= 0.6 is 7.60 Å². The molecule has 230 valence electrons. The van der Waals surface area contributed by atoms with E-state index in [1.807, 2.05) is 0 Å². The molecule has 43 heavy (non-hydrogen) atoms. The number of hydrogen-bond acceptors (Lipinski definition) is 16. The number of amides is 1. The van der Waals surface area contributed by atoms with Gasteiger partial charge in [-0.2, -0.15) is 4.98 Å². The molecule has 1 amide bonds. The predicted octanol–water partition coefficient (Wildman–Crippen LogP) is -3.92. The standard InChI is InChI=1S/C21H25N10O11P/c22-15(36)8-9-16(25-3-24-8)30(4-26-9)19-13(35)11(33)7(42-19)2-40-43(38,39)14-12(34)6(1-32)41-20(14)31-5-27-10-17(31)28-21(23)29-18(10)37/h3-7,11-14,19-20,32-35H,1-2H2,(H2,22,36)(H,38,39)(H3,23,28,29,37)/t6-,7?,11-,12-,13-,14-,19-,20-/m1/s1. The van der Waals surface area contributed by atoms with Crippen LogP contribution in [-0.2, 0) is 18.6 Å². The molecule has 0 spiro atoms. The van der Waals surface area contributed by atoms with Crippen LogP contribution in [0.3, 0.4) is 0 Å². The first-order chi connectivity index (χ1) is 20.4. The third kappa shape index (κ3) is 4.76. The highest BCUT2D eigenvalue weighted by atomic mass is 31.2. The second kappa shape index (κ2) is 10.7. The number of imidazole rings is 2. The summed E-state index contributed by atoms with van der Waals surface area (Å²) in [5.41, 5.74) is 8.11. The number of hydrogen-bond donors (Lipinski definition) is 8. The van der Waals surface area contributed by atoms with E-state index in [1.165, 1.54) is 10.9 Å². The minimum Gasteiger partial charge on any atom is -0.394 e. The number of nitrogens with zero attached hydrogens (tertiary/aromatic N) is 7. The molecule has 4 aromatic heterocycles. The second-order valence-corrected chi connectivity index (χ2v) is 11.8. The number of aliphatic hydroxyl groups is 4. The number of rotatable bonds is 8. The first-order valence-corrected chi connectivity index (χ1v) is 14.2. The van der Waals surface area contributed by atoms with Gasteiger partial charge in [-0.3, -0.25) is 28.3 Å². The molecule has 10 N–H and O–H groups in total. The van der Waals surface area contributed by atoms with Gasteiger partial charge in [0.05, 0.1) is 25.9 Å². The van der Waals surface area contributed by atoms with Crippen molar-refractivity contribution < 1.29 is 48.7 Å². The summed E-state index contributed by atoms with van der Waals surface area (Å²) in [4.78, 5) is 57.0. The minimum absolute atomic E-state index is 0.0183. The number of fused-ring (bicyclic) bond motifs is 2. The average Bonchev–Trinajstić information content (AvgIpc) is 3.72. The maximum absolute atomic E-state index is 13.6. The van der Waals surface area contributed by atoms with Gasteiger partial charge in [0.2, 0.25) is 5.95 Å². The summed E-state index contributed by atoms with van der Waals surface area (Å²) >= 11 is 0. The van der Waals surface area contributed by atoms with Crippen molar-refractivity contribution in [2.24, 2.45) is 5.73 Å². The topological polar surface area (TPSA) is 322 Å². The van der Waals surface area contributed by atoms with Crippen molar-refractivity contribution in [1.29, 1.82) is 0 Å². The van der Waals surface area contributed by atoms with Crippen LogP contribution in [0.5, 0.6) is 0 Å². The quantitative estimate of drug-likeness (QED) is 0.0868. The monoisotopic (exact) mass is 624 g/mol. The summed E-state index contributed by atoms with van der Waals surface area (Å²) < 4.78 is 32.6. The van der Waals surface area contributed by atoms with Crippen molar-refractivity contribution >= 4 is 41.8 Å². The van der Waals surface area contributed by atoms with E-state index in [-0.39, 0.29) is 34.0 Å². The molecule has 22 heteroatoms. The third-order valence-electron chi connectivity index (χ3n) is 7.25. The zero-order valence-corrected chi connectivity index (χ0v) is 22.6. The van der Waals surface area contributed by atoms with Crippen LogP contribution in [0.4, 0.5) is 5.95 Å². The molecule has 2 unspecified atom stereocenters. The van der Waals surface area contributed by atoms with Crippen LogP contribution in [0.1, 0.15) is 22.9 Å². The minimum atomic E-state index is -4.92. The summed E-state index contributed by atoms with van der Waals surface area (Å²) in [6.45, 7) is -1.50. The van der Waals surface area contributed by atoms with E-state index in [0.29, 0.717) is 0 Å². The number of nitrogens with one attached hydrogen (secondary N) is 1. The first kappa shape index (κ1) is 29.2. The largest absolute Gasteiger partial charge is 0.394 e. The fourth-order valence-corrected chi connectivity index (χ4v) is 6.82. The van der Waals surface area contributed by atoms with Crippen molar-refractivity contribution in [2.45, 2.75) is 48.6 Å². The number of aromatic nitrogens is 8. The molecule has 0 bridgehead atoms. The molecule has 0 radical (unpaired) electrons. The van der Waals surface area contributed by atoms with Gasteiger partial charge in [0.15, 0.2) is 35.0 Å². The molecule has 0 saturated carbocycles. The lowest BCUT2D eigenvalue weighted by atomic mass is 10.1. The van der Waals surface area contributed by atoms with E-state index >= 15 is 0 Å². The van der Waals surface area contributed by atoms with Crippen LogP contribution < -0.4 is 17.0 Å². The maximum Gasteiger partial charge on any atom is 0.338 e. The lowest BCUT2D eigenvalue weighted by Gasteiger charge is -2.27. The number of aliphatic hydroxyl groups excluding tert-OH is 4. The Hall–Kier alpha value is -3.92. The number of nitrogens with two attached hydrogens (primary N) is 2. The Balaban J connectivity index is 1.25. The van der Waals surface area contributed by atoms with Gasteiger partial charge in [-0.15, -0.1) is 0 Å². The molecule has 4 aromatic rings. The number of primary amides is 1. The van der Waals surface area contributed by atoms with Gasteiger partial charge in [0.1, 0.15) is 48.0 Å². The summed E-state index contributed by atoms with van der Waals surface area (Å²) in [5, 5.41) is 41.9. The Labute approximate surface area is 238 Å². The predicted molar refractivity (Wildman–Crippen MR) is 139 cm³/mol. The molecule has 2 fully saturated rings. The molecule has 9 atom stereocenters. The number of H-pyrrole nitrogens is 1. The number of ether oxygens (including phenoxy) is 2. The Bertz CT molecular complexity index is 1810. The lowest BCUT2D eigenvalue weighted by molar-refractivity contribution is -0.0496. The van der Waals surface area contributed by atoms with Gasteiger partial charge >= 0.3 is 7.60 Å². The molecule has 2 saturated heterocycles. The van der Waals surface area contributed by atoms with Crippen molar-refractivity contribution in [3.63, 3.8) is 0 Å². The SMILES string of the molecule is NC(=O)c1ncnc2c1ncn2[C@@H]1OC(COP(=O)(O)[C@@H]2[C@H](O)[C@@H](CO)O[C@H]2n2cnc3c(=O)[nH]c(N)nc32)[C@@H](O)[C@H]1O. The zero-order valence-electron chi connectivity index (χ0n) is 21.7. The Morgan fingerprint density at radius 2 is 1.67 bits per heavy atom. The maximum atomic E-state index is 13.6. The molecule has 6 rings (SSSR count). The van der Waals surface area contributed by atoms with Gasteiger partial charge in [0, 0.05) is 0 Å². The van der Waals surface area contributed by atoms with Crippen LogP contribution in [0.15, 0.2) is 23.8 Å². The van der Waals surface area contributed by atoms with E-state index in [0.717, 1.165) is 17.2 Å². The molecular formula is C21H25N10O11P. The summed E-state index contributed by atoms with van der Waals surface area (Å²) in [7, 11) is -4.92. The smallest absolute Gasteiger partial charge is 0.338 e. The Kier molecular flexibility index (Phi) is 7.23. The number of carbonyl (C=O) groups is 1. The van der Waals surface area contributed by atoms with Crippen molar-refractivity contribution in [2.75, 3.05) is 18.9 Å². The Morgan fingerprint density at radius 3 is 2.37 bits per heavy atom. The highest BCUT2D eigenvalue weighted by Gasteiger charge is 2.56. The summed E-state index contributed by atoms with van der Waals surface area (Å²) in [6.07, 6.45) is -7.21. The van der Waals surface area contributed by atoms with Crippen LogP contribution in [-0.4, -0.2) is 120 Å². The molecule has 2 aliphatic rings. The number of aromatic amines is 1. The third-order valence-corrected chi connectivity index (χ3v) is 9.08. The number of nitrogen functional groups attached to an aromatic ring is 1. The van der Waals surface area contributed by atoms with Gasteiger partial charge in [-0.25, -0.2) is 19.9 Å². The molecule has 2 aliphatic heterocycles.